The fourth-order valence-electron chi connectivity index (χ4n) is 2.48. The zero-order valence-electron chi connectivity index (χ0n) is 11.4. The highest BCUT2D eigenvalue weighted by atomic mass is 32.1. The molecule has 1 aliphatic heterocycles. The largest absolute Gasteiger partial charge is 0.352 e. The molecule has 2 aromatic rings. The van der Waals surface area contributed by atoms with E-state index in [0.29, 0.717) is 13.1 Å². The molecule has 0 saturated carbocycles. The molecule has 0 spiro atoms. The van der Waals surface area contributed by atoms with Gasteiger partial charge in [-0.15, -0.1) is 11.3 Å². The van der Waals surface area contributed by atoms with Crippen molar-refractivity contribution < 1.29 is 4.79 Å². The standard InChI is InChI=1S/C14H16N4OS/c1-3-12(19)17-4-6-18(7-5-17)13-11-8-10(2)20-14(11)16-9-15-13/h3,8-9H,1,4-7H2,2H3. The Morgan fingerprint density at radius 3 is 2.80 bits per heavy atom. The van der Waals surface area contributed by atoms with Crippen LogP contribution in [0, 0.1) is 6.92 Å². The Morgan fingerprint density at radius 1 is 1.35 bits per heavy atom. The van der Waals surface area contributed by atoms with Crippen LogP contribution >= 0.6 is 11.3 Å². The predicted molar refractivity (Wildman–Crippen MR) is 81.1 cm³/mol. The van der Waals surface area contributed by atoms with E-state index in [0.717, 1.165) is 29.1 Å². The maximum Gasteiger partial charge on any atom is 0.246 e. The summed E-state index contributed by atoms with van der Waals surface area (Å²) in [4.78, 5) is 26.6. The van der Waals surface area contributed by atoms with E-state index in [1.54, 1.807) is 17.7 Å². The van der Waals surface area contributed by atoms with Gasteiger partial charge in [-0.2, -0.15) is 0 Å². The number of aryl methyl sites for hydroxylation is 1. The van der Waals surface area contributed by atoms with Crippen molar-refractivity contribution in [3.8, 4) is 0 Å². The summed E-state index contributed by atoms with van der Waals surface area (Å²) in [6.07, 6.45) is 3.00. The zero-order chi connectivity index (χ0) is 14.1. The van der Waals surface area contributed by atoms with Gasteiger partial charge < -0.3 is 9.80 Å². The Balaban J connectivity index is 1.83. The van der Waals surface area contributed by atoms with Crippen molar-refractivity contribution in [3.05, 3.63) is 29.9 Å². The third-order valence-electron chi connectivity index (χ3n) is 3.50. The van der Waals surface area contributed by atoms with E-state index >= 15 is 0 Å². The van der Waals surface area contributed by atoms with Crippen molar-refractivity contribution >= 4 is 33.3 Å². The number of nitrogens with zero attached hydrogens (tertiary/aromatic N) is 4. The molecule has 0 radical (unpaired) electrons. The van der Waals surface area contributed by atoms with Crippen LogP contribution in [0.2, 0.25) is 0 Å². The maximum absolute atomic E-state index is 11.6. The minimum absolute atomic E-state index is 0.00358. The highest BCUT2D eigenvalue weighted by Crippen LogP contribution is 2.30. The first kappa shape index (κ1) is 13.1. The van der Waals surface area contributed by atoms with Crippen LogP contribution < -0.4 is 4.90 Å². The molecule has 0 atom stereocenters. The topological polar surface area (TPSA) is 49.3 Å². The first-order valence-electron chi connectivity index (χ1n) is 6.56. The molecule has 0 bridgehead atoms. The van der Waals surface area contributed by atoms with E-state index in [9.17, 15) is 4.79 Å². The molecule has 1 aliphatic rings. The Kier molecular flexibility index (Phi) is 3.40. The molecule has 3 rings (SSSR count). The minimum Gasteiger partial charge on any atom is -0.352 e. The molecular weight excluding hydrogens is 272 g/mol. The number of rotatable bonds is 2. The summed E-state index contributed by atoms with van der Waals surface area (Å²) in [6.45, 7) is 8.61. The molecule has 20 heavy (non-hydrogen) atoms. The number of carbonyl (C=O) groups excluding carboxylic acids is 1. The maximum atomic E-state index is 11.6. The van der Waals surface area contributed by atoms with Gasteiger partial charge in [0.1, 0.15) is 17.0 Å². The summed E-state index contributed by atoms with van der Waals surface area (Å²) in [5.74, 6) is 0.980. The predicted octanol–water partition coefficient (Wildman–Crippen LogP) is 1.83. The lowest BCUT2D eigenvalue weighted by molar-refractivity contribution is -0.126. The van der Waals surface area contributed by atoms with E-state index < -0.39 is 0 Å². The van der Waals surface area contributed by atoms with E-state index in [1.807, 2.05) is 4.90 Å². The average molecular weight is 288 g/mol. The van der Waals surface area contributed by atoms with Crippen LogP contribution in [0.1, 0.15) is 4.88 Å². The van der Waals surface area contributed by atoms with Gasteiger partial charge in [0.05, 0.1) is 5.39 Å². The summed E-state index contributed by atoms with van der Waals surface area (Å²) in [7, 11) is 0. The van der Waals surface area contributed by atoms with Gasteiger partial charge in [-0.1, -0.05) is 6.58 Å². The fraction of sp³-hybridized carbons (Fsp3) is 0.357. The molecule has 5 nitrogen and oxygen atoms in total. The van der Waals surface area contributed by atoms with Crippen molar-refractivity contribution in [2.45, 2.75) is 6.92 Å². The molecule has 0 N–H and O–H groups in total. The van der Waals surface area contributed by atoms with Crippen LogP contribution in [-0.2, 0) is 4.79 Å². The average Bonchev–Trinajstić information content (AvgIpc) is 2.86. The number of piperazine rings is 1. The number of aromatic nitrogens is 2. The van der Waals surface area contributed by atoms with Gasteiger partial charge in [-0.3, -0.25) is 4.79 Å². The smallest absolute Gasteiger partial charge is 0.246 e. The van der Waals surface area contributed by atoms with Crippen molar-refractivity contribution in [2.24, 2.45) is 0 Å². The first-order valence-corrected chi connectivity index (χ1v) is 7.38. The molecule has 104 valence electrons. The Bertz CT molecular complexity index is 658. The van der Waals surface area contributed by atoms with Gasteiger partial charge in [0, 0.05) is 31.1 Å². The number of thiophene rings is 1. The normalized spacial score (nSPS) is 15.7. The van der Waals surface area contributed by atoms with Gasteiger partial charge >= 0.3 is 0 Å². The molecule has 0 aliphatic carbocycles. The number of anilines is 1. The summed E-state index contributed by atoms with van der Waals surface area (Å²) in [5, 5.41) is 1.11. The number of carbonyl (C=O) groups is 1. The fourth-order valence-corrected chi connectivity index (χ4v) is 3.33. The Morgan fingerprint density at radius 2 is 2.10 bits per heavy atom. The molecule has 1 fully saturated rings. The van der Waals surface area contributed by atoms with Crippen LogP contribution in [-0.4, -0.2) is 47.0 Å². The molecule has 3 heterocycles. The molecule has 1 amide bonds. The van der Waals surface area contributed by atoms with Gasteiger partial charge in [-0.25, -0.2) is 9.97 Å². The second-order valence-corrected chi connectivity index (χ2v) is 6.02. The van der Waals surface area contributed by atoms with E-state index in [-0.39, 0.29) is 5.91 Å². The van der Waals surface area contributed by atoms with Crippen LogP contribution in [0.15, 0.2) is 25.0 Å². The monoisotopic (exact) mass is 288 g/mol. The van der Waals surface area contributed by atoms with Crippen molar-refractivity contribution in [2.75, 3.05) is 31.1 Å². The number of hydrogen-bond acceptors (Lipinski definition) is 5. The summed E-state index contributed by atoms with van der Waals surface area (Å²) >= 11 is 1.68. The third-order valence-corrected chi connectivity index (χ3v) is 4.46. The summed E-state index contributed by atoms with van der Waals surface area (Å²) in [6, 6.07) is 2.14. The molecule has 2 aromatic heterocycles. The van der Waals surface area contributed by atoms with E-state index in [1.165, 1.54) is 11.0 Å². The van der Waals surface area contributed by atoms with Crippen LogP contribution in [0.5, 0.6) is 0 Å². The van der Waals surface area contributed by atoms with Gasteiger partial charge in [0.25, 0.3) is 0 Å². The van der Waals surface area contributed by atoms with Crippen LogP contribution in [0.25, 0.3) is 10.2 Å². The molecule has 0 aromatic carbocycles. The van der Waals surface area contributed by atoms with Crippen molar-refractivity contribution in [1.29, 1.82) is 0 Å². The molecule has 6 heteroatoms. The van der Waals surface area contributed by atoms with Crippen LogP contribution in [0.3, 0.4) is 0 Å². The third kappa shape index (κ3) is 2.27. The quantitative estimate of drug-likeness (QED) is 0.791. The first-order chi connectivity index (χ1) is 9.69. The Hall–Kier alpha value is -1.95. The lowest BCUT2D eigenvalue weighted by atomic mass is 10.2. The van der Waals surface area contributed by atoms with Gasteiger partial charge in [0.2, 0.25) is 5.91 Å². The number of amides is 1. The highest BCUT2D eigenvalue weighted by Gasteiger charge is 2.22. The second kappa shape index (κ2) is 5.20. The van der Waals surface area contributed by atoms with Gasteiger partial charge in [-0.05, 0) is 19.1 Å². The van der Waals surface area contributed by atoms with E-state index in [2.05, 4.69) is 34.4 Å². The van der Waals surface area contributed by atoms with Crippen LogP contribution in [0.4, 0.5) is 5.82 Å². The molecular formula is C14H16N4OS. The van der Waals surface area contributed by atoms with E-state index in [4.69, 9.17) is 0 Å². The lowest BCUT2D eigenvalue weighted by Gasteiger charge is -2.35. The zero-order valence-corrected chi connectivity index (χ0v) is 12.2. The highest BCUT2D eigenvalue weighted by molar-refractivity contribution is 7.18. The van der Waals surface area contributed by atoms with Crippen molar-refractivity contribution in [1.82, 2.24) is 14.9 Å². The van der Waals surface area contributed by atoms with Crippen molar-refractivity contribution in [3.63, 3.8) is 0 Å². The Labute approximate surface area is 121 Å². The van der Waals surface area contributed by atoms with Gasteiger partial charge in [0.15, 0.2) is 0 Å². The minimum atomic E-state index is 0.00358. The second-order valence-electron chi connectivity index (χ2n) is 4.79. The number of hydrogen-bond donors (Lipinski definition) is 0. The lowest BCUT2D eigenvalue weighted by Crippen LogP contribution is -2.48. The SMILES string of the molecule is C=CC(=O)N1CCN(c2ncnc3sc(C)cc23)CC1. The molecule has 0 unspecified atom stereocenters. The molecule has 1 saturated heterocycles. The summed E-state index contributed by atoms with van der Waals surface area (Å²) in [5.41, 5.74) is 0. The number of fused-ring (bicyclic) bond motifs is 1. The summed E-state index contributed by atoms with van der Waals surface area (Å²) < 4.78 is 0.